The quantitative estimate of drug-likeness (QED) is 0.581. The maximum Gasteiger partial charge on any atom is 0.329 e. The summed E-state index contributed by atoms with van der Waals surface area (Å²) in [4.78, 5) is 22.4. The summed E-state index contributed by atoms with van der Waals surface area (Å²) in [7, 11) is 0. The lowest BCUT2D eigenvalue weighted by Crippen LogP contribution is -2.48. The topological polar surface area (TPSA) is 102 Å². The molecular weight excluding hydrogens is 248 g/mol. The van der Waals surface area contributed by atoms with Gasteiger partial charge in [0.15, 0.2) is 0 Å². The molecule has 1 aliphatic carbocycles. The molecule has 6 heteroatoms. The molecule has 1 saturated carbocycles. The van der Waals surface area contributed by atoms with Crippen LogP contribution >= 0.6 is 0 Å². The van der Waals surface area contributed by atoms with Gasteiger partial charge in [0.05, 0.1) is 12.0 Å². The van der Waals surface area contributed by atoms with Gasteiger partial charge < -0.3 is 20.9 Å². The standard InChI is InChI=1S/C13H24N2O4/c1-10-2-4-13(9-14,5-3-10)12(18)15-6-7-19-8-11(16)17/h10H,2-9,14H2,1H3,(H,15,18)(H,16,17). The van der Waals surface area contributed by atoms with Crippen molar-refractivity contribution in [3.63, 3.8) is 0 Å². The van der Waals surface area contributed by atoms with E-state index in [4.69, 9.17) is 15.6 Å². The third kappa shape index (κ3) is 4.80. The second kappa shape index (κ2) is 7.45. The molecule has 1 rings (SSSR count). The predicted octanol–water partition coefficient (Wildman–Crippen LogP) is 0.359. The zero-order chi connectivity index (χ0) is 14.3. The summed E-state index contributed by atoms with van der Waals surface area (Å²) in [5.41, 5.74) is 5.34. The first-order valence-corrected chi connectivity index (χ1v) is 6.78. The lowest BCUT2D eigenvalue weighted by molar-refractivity contribution is -0.142. The highest BCUT2D eigenvalue weighted by molar-refractivity contribution is 5.83. The highest BCUT2D eigenvalue weighted by Gasteiger charge is 2.39. The minimum Gasteiger partial charge on any atom is -0.480 e. The van der Waals surface area contributed by atoms with E-state index < -0.39 is 11.4 Å². The van der Waals surface area contributed by atoms with Crippen molar-refractivity contribution in [1.82, 2.24) is 5.32 Å². The molecule has 0 spiro atoms. The van der Waals surface area contributed by atoms with Crippen molar-refractivity contribution in [3.8, 4) is 0 Å². The van der Waals surface area contributed by atoms with Crippen LogP contribution in [0.3, 0.4) is 0 Å². The van der Waals surface area contributed by atoms with Gasteiger partial charge in [-0.05, 0) is 31.6 Å². The number of carbonyl (C=O) groups is 2. The van der Waals surface area contributed by atoms with E-state index in [1.807, 2.05) is 0 Å². The molecule has 0 aromatic heterocycles. The molecule has 1 fully saturated rings. The number of nitrogens with two attached hydrogens (primary N) is 1. The van der Waals surface area contributed by atoms with E-state index in [-0.39, 0.29) is 19.1 Å². The third-order valence-corrected chi connectivity index (χ3v) is 3.86. The summed E-state index contributed by atoms with van der Waals surface area (Å²) < 4.78 is 4.87. The zero-order valence-corrected chi connectivity index (χ0v) is 11.5. The molecule has 0 unspecified atom stereocenters. The molecule has 19 heavy (non-hydrogen) atoms. The fourth-order valence-corrected chi connectivity index (χ4v) is 2.42. The Morgan fingerprint density at radius 2 is 2.05 bits per heavy atom. The Balaban J connectivity index is 2.32. The van der Waals surface area contributed by atoms with Crippen molar-refractivity contribution >= 4 is 11.9 Å². The lowest BCUT2D eigenvalue weighted by atomic mass is 9.70. The first-order chi connectivity index (χ1) is 9.00. The Hall–Kier alpha value is -1.14. The molecule has 1 aliphatic rings. The van der Waals surface area contributed by atoms with Crippen LogP contribution in [0.1, 0.15) is 32.6 Å². The van der Waals surface area contributed by atoms with Crippen molar-refractivity contribution in [1.29, 1.82) is 0 Å². The second-order valence-electron chi connectivity index (χ2n) is 5.37. The number of aliphatic carboxylic acids is 1. The van der Waals surface area contributed by atoms with Gasteiger partial charge in [-0.15, -0.1) is 0 Å². The number of hydrogen-bond acceptors (Lipinski definition) is 4. The van der Waals surface area contributed by atoms with Crippen molar-refractivity contribution in [2.24, 2.45) is 17.1 Å². The maximum absolute atomic E-state index is 12.2. The number of hydrogen-bond donors (Lipinski definition) is 3. The van der Waals surface area contributed by atoms with Crippen LogP contribution in [0.5, 0.6) is 0 Å². The molecule has 0 atom stereocenters. The van der Waals surface area contributed by atoms with Crippen LogP contribution in [0, 0.1) is 11.3 Å². The monoisotopic (exact) mass is 272 g/mol. The molecule has 0 aromatic carbocycles. The van der Waals surface area contributed by atoms with Crippen molar-refractivity contribution < 1.29 is 19.4 Å². The summed E-state index contributed by atoms with van der Waals surface area (Å²) >= 11 is 0. The van der Waals surface area contributed by atoms with Crippen molar-refractivity contribution in [2.45, 2.75) is 32.6 Å². The number of nitrogens with one attached hydrogen (secondary N) is 1. The molecule has 0 radical (unpaired) electrons. The molecule has 1 amide bonds. The van der Waals surface area contributed by atoms with Gasteiger partial charge in [0, 0.05) is 13.1 Å². The molecular formula is C13H24N2O4. The van der Waals surface area contributed by atoms with Crippen molar-refractivity contribution in [3.05, 3.63) is 0 Å². The van der Waals surface area contributed by atoms with Crippen LogP contribution < -0.4 is 11.1 Å². The van der Waals surface area contributed by atoms with Crippen LogP contribution in [0.2, 0.25) is 0 Å². The van der Waals surface area contributed by atoms with E-state index in [1.54, 1.807) is 0 Å². The highest BCUT2D eigenvalue weighted by Crippen LogP contribution is 2.38. The van der Waals surface area contributed by atoms with E-state index in [9.17, 15) is 9.59 Å². The molecule has 0 aliphatic heterocycles. The zero-order valence-electron chi connectivity index (χ0n) is 11.5. The molecule has 0 bridgehead atoms. The van der Waals surface area contributed by atoms with Crippen molar-refractivity contribution in [2.75, 3.05) is 26.3 Å². The van der Waals surface area contributed by atoms with E-state index in [0.717, 1.165) is 25.7 Å². The minimum atomic E-state index is -1.01. The van der Waals surface area contributed by atoms with Gasteiger partial charge in [-0.2, -0.15) is 0 Å². The van der Waals surface area contributed by atoms with Gasteiger partial charge in [-0.1, -0.05) is 6.92 Å². The van der Waals surface area contributed by atoms with Crippen LogP contribution in [0.4, 0.5) is 0 Å². The van der Waals surface area contributed by atoms with Gasteiger partial charge in [0.1, 0.15) is 6.61 Å². The average molecular weight is 272 g/mol. The normalized spacial score (nSPS) is 26.9. The second-order valence-corrected chi connectivity index (χ2v) is 5.37. The Labute approximate surface area is 113 Å². The van der Waals surface area contributed by atoms with Crippen LogP contribution in [-0.2, 0) is 14.3 Å². The number of rotatable bonds is 7. The third-order valence-electron chi connectivity index (χ3n) is 3.86. The molecule has 6 nitrogen and oxygen atoms in total. The SMILES string of the molecule is CC1CCC(CN)(C(=O)NCCOCC(=O)O)CC1. The summed E-state index contributed by atoms with van der Waals surface area (Å²) in [5, 5.41) is 11.2. The predicted molar refractivity (Wildman–Crippen MR) is 70.6 cm³/mol. The summed E-state index contributed by atoms with van der Waals surface area (Å²) in [5.74, 6) is -0.377. The summed E-state index contributed by atoms with van der Waals surface area (Å²) in [6, 6.07) is 0. The molecule has 110 valence electrons. The largest absolute Gasteiger partial charge is 0.480 e. The van der Waals surface area contributed by atoms with Gasteiger partial charge in [-0.3, -0.25) is 4.79 Å². The number of ether oxygens (including phenoxy) is 1. The van der Waals surface area contributed by atoms with E-state index in [1.165, 1.54) is 0 Å². The Kier molecular flexibility index (Phi) is 6.24. The fourth-order valence-electron chi connectivity index (χ4n) is 2.42. The molecule has 0 saturated heterocycles. The van der Waals surface area contributed by atoms with Gasteiger partial charge >= 0.3 is 5.97 Å². The van der Waals surface area contributed by atoms with Crippen LogP contribution in [0.15, 0.2) is 0 Å². The summed E-state index contributed by atoms with van der Waals surface area (Å²) in [6.45, 7) is 2.74. The summed E-state index contributed by atoms with van der Waals surface area (Å²) in [6.07, 6.45) is 3.71. The van der Waals surface area contributed by atoms with Crippen LogP contribution in [-0.4, -0.2) is 43.3 Å². The van der Waals surface area contributed by atoms with E-state index >= 15 is 0 Å². The minimum absolute atomic E-state index is 0.0270. The van der Waals surface area contributed by atoms with Gasteiger partial charge in [0.2, 0.25) is 5.91 Å². The highest BCUT2D eigenvalue weighted by atomic mass is 16.5. The average Bonchev–Trinajstić information content (AvgIpc) is 2.39. The van der Waals surface area contributed by atoms with Gasteiger partial charge in [0.25, 0.3) is 0 Å². The first kappa shape index (κ1) is 15.9. The smallest absolute Gasteiger partial charge is 0.329 e. The van der Waals surface area contributed by atoms with E-state index in [2.05, 4.69) is 12.2 Å². The Morgan fingerprint density at radius 1 is 1.42 bits per heavy atom. The van der Waals surface area contributed by atoms with Crippen LogP contribution in [0.25, 0.3) is 0 Å². The number of carboxylic acids is 1. The Bertz CT molecular complexity index is 312. The number of carboxylic acid groups (broad SMARTS) is 1. The van der Waals surface area contributed by atoms with E-state index in [0.29, 0.717) is 19.0 Å². The maximum atomic E-state index is 12.2. The Morgan fingerprint density at radius 3 is 2.58 bits per heavy atom. The molecule has 0 heterocycles. The first-order valence-electron chi connectivity index (χ1n) is 6.78. The number of carbonyl (C=O) groups excluding carboxylic acids is 1. The fraction of sp³-hybridized carbons (Fsp3) is 0.846. The lowest BCUT2D eigenvalue weighted by Gasteiger charge is -2.37. The molecule has 0 aromatic rings. The number of amides is 1. The van der Waals surface area contributed by atoms with Gasteiger partial charge in [-0.25, -0.2) is 4.79 Å². The molecule has 4 N–H and O–H groups in total.